The molecule has 1 aliphatic heterocycles. The van der Waals surface area contributed by atoms with Gasteiger partial charge in [0.25, 0.3) is 11.1 Å². The molecule has 3 aromatic carbocycles. The number of amides is 1. The second kappa shape index (κ2) is 10.3. The zero-order chi connectivity index (χ0) is 24.2. The average molecular weight is 487 g/mol. The number of piperidine rings is 1. The average Bonchev–Trinajstić information content (AvgIpc) is 3.34. The molecule has 1 saturated heterocycles. The maximum Gasteiger partial charge on any atom is 0.274 e. The molecule has 5 rings (SSSR count). The van der Waals surface area contributed by atoms with Crippen LogP contribution in [0.5, 0.6) is 10.9 Å². The van der Waals surface area contributed by atoms with Crippen molar-refractivity contribution in [1.29, 1.82) is 0 Å². The van der Waals surface area contributed by atoms with Gasteiger partial charge in [-0.3, -0.25) is 9.59 Å². The fourth-order valence-corrected chi connectivity index (χ4v) is 5.12. The van der Waals surface area contributed by atoms with Gasteiger partial charge in [-0.25, -0.2) is 4.98 Å². The highest BCUT2D eigenvalue weighted by atomic mass is 32.1. The number of aromatic nitrogens is 1. The number of carbonyl (C=O) groups is 2. The Bertz CT molecular complexity index is 1330. The lowest BCUT2D eigenvalue weighted by atomic mass is 9.97. The summed E-state index contributed by atoms with van der Waals surface area (Å²) in [4.78, 5) is 32.0. The second-order valence-corrected chi connectivity index (χ2v) is 9.63. The number of ketones is 1. The Balaban J connectivity index is 1.13. The van der Waals surface area contributed by atoms with Gasteiger partial charge in [-0.05, 0) is 49.1 Å². The third-order valence-electron chi connectivity index (χ3n) is 6.35. The molecule has 4 aromatic rings. The van der Waals surface area contributed by atoms with Gasteiger partial charge in [0.1, 0.15) is 5.75 Å². The van der Waals surface area contributed by atoms with Crippen molar-refractivity contribution < 1.29 is 19.1 Å². The van der Waals surface area contributed by atoms with E-state index in [1.807, 2.05) is 41.3 Å². The summed E-state index contributed by atoms with van der Waals surface area (Å²) in [5.41, 5.74) is 2.73. The van der Waals surface area contributed by atoms with Crippen LogP contribution in [-0.2, 0) is 0 Å². The van der Waals surface area contributed by atoms with Crippen LogP contribution in [0.25, 0.3) is 10.2 Å². The summed E-state index contributed by atoms with van der Waals surface area (Å²) in [6.45, 7) is 1.97. The van der Waals surface area contributed by atoms with Crippen LogP contribution in [0.1, 0.15) is 39.1 Å². The van der Waals surface area contributed by atoms with E-state index in [0.29, 0.717) is 47.5 Å². The second-order valence-electron chi connectivity index (χ2n) is 8.63. The van der Waals surface area contributed by atoms with Crippen molar-refractivity contribution in [2.24, 2.45) is 5.92 Å². The summed E-state index contributed by atoms with van der Waals surface area (Å²) < 4.78 is 12.3. The Labute approximate surface area is 208 Å². The number of benzene rings is 3. The first-order valence-electron chi connectivity index (χ1n) is 11.7. The molecule has 0 aliphatic carbocycles. The summed E-state index contributed by atoms with van der Waals surface area (Å²) in [5, 5.41) is 0.664. The molecule has 0 bridgehead atoms. The lowest BCUT2D eigenvalue weighted by Gasteiger charge is -2.31. The van der Waals surface area contributed by atoms with Crippen molar-refractivity contribution in [2.45, 2.75) is 12.8 Å². The number of nitrogens with zero attached hydrogens (tertiary/aromatic N) is 2. The van der Waals surface area contributed by atoms with Crippen molar-refractivity contribution in [1.82, 2.24) is 9.88 Å². The van der Waals surface area contributed by atoms with Crippen LogP contribution in [0.3, 0.4) is 0 Å². The van der Waals surface area contributed by atoms with Gasteiger partial charge in [0.2, 0.25) is 0 Å². The Kier molecular flexibility index (Phi) is 6.77. The molecule has 7 heteroatoms. The van der Waals surface area contributed by atoms with Gasteiger partial charge >= 0.3 is 0 Å². The normalized spacial score (nSPS) is 14.1. The fraction of sp³-hybridized carbons (Fsp3) is 0.250. The van der Waals surface area contributed by atoms with Crippen LogP contribution < -0.4 is 9.47 Å². The zero-order valence-electron chi connectivity index (χ0n) is 19.5. The third-order valence-corrected chi connectivity index (χ3v) is 7.28. The van der Waals surface area contributed by atoms with Crippen molar-refractivity contribution in [3.8, 4) is 10.9 Å². The van der Waals surface area contributed by atoms with Gasteiger partial charge in [0, 0.05) is 29.8 Å². The van der Waals surface area contributed by atoms with Crippen LogP contribution >= 0.6 is 11.3 Å². The molecule has 0 N–H and O–H groups in total. The van der Waals surface area contributed by atoms with Gasteiger partial charge in [-0.2, -0.15) is 0 Å². The number of hydrogen-bond donors (Lipinski definition) is 0. The topological polar surface area (TPSA) is 68.7 Å². The SMILES string of the molecule is COc1ccc2nc(OCC3CCN(C(=O)c4ccc(C(=O)c5ccccc5)cc4)CC3)sc2c1. The van der Waals surface area contributed by atoms with Crippen molar-refractivity contribution in [3.05, 3.63) is 89.5 Å². The summed E-state index contributed by atoms with van der Waals surface area (Å²) in [6, 6.07) is 21.9. The number of hydrogen-bond acceptors (Lipinski definition) is 6. The molecule has 0 saturated carbocycles. The molecule has 178 valence electrons. The van der Waals surface area contributed by atoms with Crippen LogP contribution in [0.15, 0.2) is 72.8 Å². The Hall–Kier alpha value is -3.71. The number of fused-ring (bicyclic) bond motifs is 1. The predicted molar refractivity (Wildman–Crippen MR) is 137 cm³/mol. The highest BCUT2D eigenvalue weighted by Crippen LogP contribution is 2.31. The number of likely N-dealkylation sites (tertiary alicyclic amines) is 1. The van der Waals surface area contributed by atoms with E-state index >= 15 is 0 Å². The van der Waals surface area contributed by atoms with Crippen LogP contribution in [-0.4, -0.2) is 48.4 Å². The van der Waals surface area contributed by atoms with Gasteiger partial charge in [0.15, 0.2) is 5.78 Å². The fourth-order valence-electron chi connectivity index (χ4n) is 4.27. The minimum absolute atomic E-state index is 0.00296. The quantitative estimate of drug-likeness (QED) is 0.324. The highest BCUT2D eigenvalue weighted by Gasteiger charge is 2.24. The molecule has 0 atom stereocenters. The van der Waals surface area contributed by atoms with Gasteiger partial charge in [0.05, 0.1) is 23.9 Å². The summed E-state index contributed by atoms with van der Waals surface area (Å²) >= 11 is 1.52. The van der Waals surface area contributed by atoms with Crippen LogP contribution in [0.4, 0.5) is 0 Å². The molecule has 1 amide bonds. The molecule has 0 spiro atoms. The minimum Gasteiger partial charge on any atom is -0.497 e. The predicted octanol–water partition coefficient (Wildman–Crippen LogP) is 5.47. The van der Waals surface area contributed by atoms with E-state index in [-0.39, 0.29) is 11.7 Å². The number of methoxy groups -OCH3 is 1. The molecule has 0 radical (unpaired) electrons. The molecule has 2 heterocycles. The van der Waals surface area contributed by atoms with Crippen molar-refractivity contribution in [2.75, 3.05) is 26.8 Å². The molecule has 35 heavy (non-hydrogen) atoms. The monoisotopic (exact) mass is 486 g/mol. The lowest BCUT2D eigenvalue weighted by molar-refractivity contribution is 0.0660. The Morgan fingerprint density at radius 2 is 1.63 bits per heavy atom. The first-order valence-corrected chi connectivity index (χ1v) is 12.5. The molecule has 1 aliphatic rings. The van der Waals surface area contributed by atoms with Crippen molar-refractivity contribution in [3.63, 3.8) is 0 Å². The minimum atomic E-state index is -0.0438. The molecular weight excluding hydrogens is 460 g/mol. The molecule has 1 fully saturated rings. The molecule has 1 aromatic heterocycles. The van der Waals surface area contributed by atoms with Crippen LogP contribution in [0, 0.1) is 5.92 Å². The lowest BCUT2D eigenvalue weighted by Crippen LogP contribution is -2.39. The van der Waals surface area contributed by atoms with Crippen LogP contribution in [0.2, 0.25) is 0 Å². The first kappa shape index (κ1) is 23.1. The van der Waals surface area contributed by atoms with Gasteiger partial charge < -0.3 is 14.4 Å². The standard InChI is InChI=1S/C28H26N2O4S/c1-33-23-11-12-24-25(17-23)35-28(29-24)34-18-19-13-15-30(16-14-19)27(32)22-9-7-21(8-10-22)26(31)20-5-3-2-4-6-20/h2-12,17,19H,13-16,18H2,1H3. The van der Waals surface area contributed by atoms with Gasteiger partial charge in [-0.1, -0.05) is 53.8 Å². The van der Waals surface area contributed by atoms with E-state index in [9.17, 15) is 9.59 Å². The number of carbonyl (C=O) groups excluding carboxylic acids is 2. The summed E-state index contributed by atoms with van der Waals surface area (Å²) in [7, 11) is 1.65. The maximum absolute atomic E-state index is 13.0. The summed E-state index contributed by atoms with van der Waals surface area (Å²) in [5.74, 6) is 1.15. The Morgan fingerprint density at radius 1 is 0.943 bits per heavy atom. The van der Waals surface area contributed by atoms with E-state index in [0.717, 1.165) is 28.8 Å². The number of ether oxygens (including phenoxy) is 2. The number of rotatable bonds is 7. The van der Waals surface area contributed by atoms with Crippen molar-refractivity contribution >= 4 is 33.2 Å². The molecule has 0 unspecified atom stereocenters. The smallest absolute Gasteiger partial charge is 0.274 e. The largest absolute Gasteiger partial charge is 0.497 e. The third kappa shape index (κ3) is 5.20. The highest BCUT2D eigenvalue weighted by molar-refractivity contribution is 7.20. The van der Waals surface area contributed by atoms with E-state index in [4.69, 9.17) is 9.47 Å². The molecular formula is C28H26N2O4S. The maximum atomic E-state index is 13.0. The van der Waals surface area contributed by atoms with E-state index in [1.54, 1.807) is 43.5 Å². The zero-order valence-corrected chi connectivity index (χ0v) is 20.3. The van der Waals surface area contributed by atoms with Gasteiger partial charge in [-0.15, -0.1) is 0 Å². The molecule has 6 nitrogen and oxygen atoms in total. The summed E-state index contributed by atoms with van der Waals surface area (Å²) in [6.07, 6.45) is 1.77. The first-order chi connectivity index (χ1) is 17.1. The Morgan fingerprint density at radius 3 is 2.34 bits per heavy atom. The van der Waals surface area contributed by atoms with E-state index < -0.39 is 0 Å². The van der Waals surface area contributed by atoms with E-state index in [1.165, 1.54) is 11.3 Å². The number of thiazole rings is 1. The van der Waals surface area contributed by atoms with E-state index in [2.05, 4.69) is 4.98 Å².